The molecule has 20 heavy (non-hydrogen) atoms. The number of aliphatic hydroxyl groups is 2. The number of hydrogen-bond acceptors (Lipinski definition) is 2. The van der Waals surface area contributed by atoms with Gasteiger partial charge in [0.25, 0.3) is 0 Å². The average molecular weight is 276 g/mol. The van der Waals surface area contributed by atoms with Crippen molar-refractivity contribution in [2.75, 3.05) is 0 Å². The van der Waals surface area contributed by atoms with E-state index in [0.717, 1.165) is 30.8 Å². The van der Waals surface area contributed by atoms with Gasteiger partial charge in [-0.25, -0.2) is 0 Å². The summed E-state index contributed by atoms with van der Waals surface area (Å²) in [4.78, 5) is 0. The molecule has 0 heterocycles. The maximum Gasteiger partial charge on any atom is 0.0809 e. The van der Waals surface area contributed by atoms with Crippen LogP contribution in [-0.2, 0) is 0 Å². The van der Waals surface area contributed by atoms with Crippen molar-refractivity contribution in [2.45, 2.75) is 70.5 Å². The molecule has 0 aromatic heterocycles. The third-order valence-corrected chi connectivity index (χ3v) is 7.76. The summed E-state index contributed by atoms with van der Waals surface area (Å²) in [6.07, 6.45) is 8.76. The van der Waals surface area contributed by atoms with E-state index in [-0.39, 0.29) is 23.0 Å². The van der Waals surface area contributed by atoms with E-state index in [0.29, 0.717) is 11.8 Å². The molecule has 0 aromatic carbocycles. The molecule has 7 atom stereocenters. The number of rotatable bonds is 0. The van der Waals surface area contributed by atoms with Gasteiger partial charge >= 0.3 is 0 Å². The Kier molecular flexibility index (Phi) is 2.74. The Balaban J connectivity index is 1.75. The first kappa shape index (κ1) is 13.3. The number of hydrogen-bond donors (Lipinski definition) is 2. The van der Waals surface area contributed by atoms with E-state index in [2.05, 4.69) is 13.5 Å². The zero-order chi connectivity index (χ0) is 14.1. The molecule has 4 saturated carbocycles. The van der Waals surface area contributed by atoms with Gasteiger partial charge in [0.2, 0.25) is 0 Å². The van der Waals surface area contributed by atoms with Crippen LogP contribution in [0.3, 0.4) is 0 Å². The summed E-state index contributed by atoms with van der Waals surface area (Å²) >= 11 is 0. The van der Waals surface area contributed by atoms with Crippen molar-refractivity contribution >= 4 is 0 Å². The van der Waals surface area contributed by atoms with Gasteiger partial charge in [-0.1, -0.05) is 13.5 Å². The Hall–Kier alpha value is -0.340. The lowest BCUT2D eigenvalue weighted by Crippen LogP contribution is -2.56. The van der Waals surface area contributed by atoms with E-state index < -0.39 is 0 Å². The largest absolute Gasteiger partial charge is 0.393 e. The van der Waals surface area contributed by atoms with Gasteiger partial charge < -0.3 is 10.2 Å². The van der Waals surface area contributed by atoms with Crippen LogP contribution >= 0.6 is 0 Å². The van der Waals surface area contributed by atoms with Gasteiger partial charge in [0.1, 0.15) is 0 Å². The van der Waals surface area contributed by atoms with Crippen molar-refractivity contribution in [3.8, 4) is 0 Å². The van der Waals surface area contributed by atoms with Crippen LogP contribution in [0.15, 0.2) is 12.2 Å². The zero-order valence-corrected chi connectivity index (χ0v) is 12.6. The van der Waals surface area contributed by atoms with E-state index in [1.807, 2.05) is 0 Å². The van der Waals surface area contributed by atoms with Crippen molar-refractivity contribution < 1.29 is 10.2 Å². The van der Waals surface area contributed by atoms with Crippen molar-refractivity contribution in [1.82, 2.24) is 0 Å². The van der Waals surface area contributed by atoms with Crippen LogP contribution in [0, 0.1) is 28.6 Å². The summed E-state index contributed by atoms with van der Waals surface area (Å²) in [6.45, 7) is 6.62. The van der Waals surface area contributed by atoms with Crippen LogP contribution in [-0.4, -0.2) is 22.4 Å². The monoisotopic (exact) mass is 276 g/mol. The van der Waals surface area contributed by atoms with E-state index in [1.165, 1.54) is 32.1 Å². The Labute approximate surface area is 122 Å². The highest BCUT2D eigenvalue weighted by molar-refractivity contribution is 5.26. The van der Waals surface area contributed by atoms with Gasteiger partial charge in [0.15, 0.2) is 0 Å². The number of fused-ring (bicyclic) bond motifs is 3. The second-order valence-corrected chi connectivity index (χ2v) is 8.42. The molecule has 0 aromatic rings. The van der Waals surface area contributed by atoms with Gasteiger partial charge in [0, 0.05) is 5.41 Å². The summed E-state index contributed by atoms with van der Waals surface area (Å²) in [5.41, 5.74) is 1.46. The molecule has 0 radical (unpaired) electrons. The Morgan fingerprint density at radius 1 is 1.05 bits per heavy atom. The van der Waals surface area contributed by atoms with Crippen LogP contribution in [0.25, 0.3) is 0 Å². The first-order valence-corrected chi connectivity index (χ1v) is 8.52. The Morgan fingerprint density at radius 3 is 2.65 bits per heavy atom. The van der Waals surface area contributed by atoms with Gasteiger partial charge in [-0.2, -0.15) is 0 Å². The zero-order valence-electron chi connectivity index (χ0n) is 12.6. The second-order valence-electron chi connectivity index (χ2n) is 8.42. The molecule has 4 aliphatic carbocycles. The molecule has 0 aliphatic heterocycles. The third kappa shape index (κ3) is 1.47. The Morgan fingerprint density at radius 2 is 1.85 bits per heavy atom. The lowest BCUT2D eigenvalue weighted by atomic mass is 9.44. The summed E-state index contributed by atoms with van der Waals surface area (Å²) in [5, 5.41) is 21.1. The highest BCUT2D eigenvalue weighted by Crippen LogP contribution is 2.69. The van der Waals surface area contributed by atoms with Crippen molar-refractivity contribution in [3.63, 3.8) is 0 Å². The highest BCUT2D eigenvalue weighted by atomic mass is 16.3. The molecular weight excluding hydrogens is 248 g/mol. The predicted molar refractivity (Wildman–Crippen MR) is 79.1 cm³/mol. The SMILES string of the molecule is C=C1[C@@H]2CCC3[C@]4(C)C[C@H](O)CCC4CC[C@]3(C2)[C@H]1O. The van der Waals surface area contributed by atoms with Gasteiger partial charge in [-0.15, -0.1) is 0 Å². The van der Waals surface area contributed by atoms with Gasteiger partial charge in [-0.3, -0.25) is 0 Å². The first-order valence-electron chi connectivity index (χ1n) is 8.52. The fourth-order valence-corrected chi connectivity index (χ4v) is 6.81. The molecule has 112 valence electrons. The van der Waals surface area contributed by atoms with E-state index in [9.17, 15) is 10.2 Å². The molecule has 4 fully saturated rings. The molecule has 2 N–H and O–H groups in total. The minimum atomic E-state index is -0.281. The smallest absolute Gasteiger partial charge is 0.0809 e. The molecule has 2 nitrogen and oxygen atoms in total. The molecule has 2 unspecified atom stereocenters. The minimum Gasteiger partial charge on any atom is -0.393 e. The van der Waals surface area contributed by atoms with E-state index >= 15 is 0 Å². The first-order chi connectivity index (χ1) is 9.47. The molecule has 2 heteroatoms. The van der Waals surface area contributed by atoms with Crippen LogP contribution in [0.2, 0.25) is 0 Å². The lowest BCUT2D eigenvalue weighted by Gasteiger charge is -2.61. The van der Waals surface area contributed by atoms with E-state index in [1.54, 1.807) is 0 Å². The summed E-state index contributed by atoms with van der Waals surface area (Å²) < 4.78 is 0. The quantitative estimate of drug-likeness (QED) is 0.667. The fraction of sp³-hybridized carbons (Fsp3) is 0.889. The molecule has 4 rings (SSSR count). The fourth-order valence-electron chi connectivity index (χ4n) is 6.81. The van der Waals surface area contributed by atoms with Crippen LogP contribution in [0.4, 0.5) is 0 Å². The third-order valence-electron chi connectivity index (χ3n) is 7.76. The summed E-state index contributed by atoms with van der Waals surface area (Å²) in [6, 6.07) is 0. The lowest BCUT2D eigenvalue weighted by molar-refractivity contribution is -0.153. The minimum absolute atomic E-state index is 0.0995. The van der Waals surface area contributed by atoms with Gasteiger partial charge in [-0.05, 0) is 80.1 Å². The predicted octanol–water partition coefficient (Wildman–Crippen LogP) is 3.28. The maximum absolute atomic E-state index is 10.9. The Bertz CT molecular complexity index is 445. The second kappa shape index (κ2) is 4.10. The maximum atomic E-state index is 10.9. The standard InChI is InChI=1S/C18H28O2/c1-11-12-3-6-15-17(2)10-14(19)5-4-13(17)7-8-18(15,9-12)16(11)20/h12-16,19-20H,1,3-10H2,2H3/t12-,13?,14-,15?,16+,17-,18-/m1/s1. The molecule has 2 bridgehead atoms. The molecular formula is C18H28O2. The summed E-state index contributed by atoms with van der Waals surface area (Å²) in [5.74, 6) is 1.92. The van der Waals surface area contributed by atoms with Crippen LogP contribution in [0.1, 0.15) is 58.3 Å². The highest BCUT2D eigenvalue weighted by Gasteiger charge is 2.64. The molecule has 1 spiro atoms. The van der Waals surface area contributed by atoms with Crippen molar-refractivity contribution in [2.24, 2.45) is 28.6 Å². The van der Waals surface area contributed by atoms with Crippen LogP contribution in [0.5, 0.6) is 0 Å². The summed E-state index contributed by atoms with van der Waals surface area (Å²) in [7, 11) is 0. The normalized spacial score (nSPS) is 58.1. The molecule has 0 amide bonds. The molecule has 0 saturated heterocycles. The van der Waals surface area contributed by atoms with Crippen molar-refractivity contribution in [1.29, 1.82) is 0 Å². The molecule has 4 aliphatic rings. The van der Waals surface area contributed by atoms with E-state index in [4.69, 9.17) is 0 Å². The van der Waals surface area contributed by atoms with Crippen molar-refractivity contribution in [3.05, 3.63) is 12.2 Å². The average Bonchev–Trinajstić information content (AvgIpc) is 2.59. The van der Waals surface area contributed by atoms with Crippen LogP contribution < -0.4 is 0 Å². The van der Waals surface area contributed by atoms with Gasteiger partial charge in [0.05, 0.1) is 12.2 Å². The number of aliphatic hydroxyl groups excluding tert-OH is 2. The topological polar surface area (TPSA) is 40.5 Å².